The zero-order valence-corrected chi connectivity index (χ0v) is 12.0. The van der Waals surface area contributed by atoms with Crippen molar-refractivity contribution in [3.63, 3.8) is 0 Å². The third kappa shape index (κ3) is 1.72. The first kappa shape index (κ1) is 12.0. The van der Waals surface area contributed by atoms with Gasteiger partial charge >= 0.3 is 0 Å². The average molecular weight is 306 g/mol. The zero-order valence-electron chi connectivity index (χ0n) is 10.4. The van der Waals surface area contributed by atoms with Gasteiger partial charge in [-0.1, -0.05) is 18.6 Å². The van der Waals surface area contributed by atoms with Gasteiger partial charge in [0.05, 0.1) is 4.48 Å². The van der Waals surface area contributed by atoms with E-state index < -0.39 is 0 Å². The number of nitrogens with one attached hydrogen (secondary N) is 1. The van der Waals surface area contributed by atoms with Crippen molar-refractivity contribution in [3.05, 3.63) is 34.3 Å². The second kappa shape index (κ2) is 4.54. The fraction of sp³-hybridized carbons (Fsp3) is 0.400. The molecule has 1 aromatic carbocycles. The van der Waals surface area contributed by atoms with E-state index in [1.807, 2.05) is 7.05 Å². The molecule has 0 heterocycles. The van der Waals surface area contributed by atoms with E-state index in [0.717, 1.165) is 23.0 Å². The first-order chi connectivity index (χ1) is 8.72. The number of rotatable bonds is 2. The maximum Gasteiger partial charge on any atom is 0.173 e. The molecule has 0 bridgehead atoms. The van der Waals surface area contributed by atoms with Crippen molar-refractivity contribution in [2.24, 2.45) is 11.8 Å². The summed E-state index contributed by atoms with van der Waals surface area (Å²) in [6.07, 6.45) is 3.38. The molecule has 3 heteroatoms. The zero-order chi connectivity index (χ0) is 12.7. The van der Waals surface area contributed by atoms with Crippen molar-refractivity contribution in [2.75, 3.05) is 12.4 Å². The van der Waals surface area contributed by atoms with Crippen molar-refractivity contribution in [1.29, 1.82) is 0 Å². The summed E-state index contributed by atoms with van der Waals surface area (Å²) in [5.74, 6) is 0.982. The van der Waals surface area contributed by atoms with Crippen LogP contribution in [0.4, 0.5) is 5.69 Å². The van der Waals surface area contributed by atoms with Gasteiger partial charge in [-0.15, -0.1) is 0 Å². The van der Waals surface area contributed by atoms with Crippen LogP contribution in [0.5, 0.6) is 0 Å². The number of benzene rings is 1. The van der Waals surface area contributed by atoms with Crippen molar-refractivity contribution in [2.45, 2.75) is 19.3 Å². The van der Waals surface area contributed by atoms with Gasteiger partial charge in [-0.25, -0.2) is 0 Å². The molecule has 2 nitrogen and oxygen atoms in total. The Bertz CT molecular complexity index is 518. The molecule has 1 saturated carbocycles. The smallest absolute Gasteiger partial charge is 0.173 e. The summed E-state index contributed by atoms with van der Waals surface area (Å²) in [6.45, 7) is 0. The molecular formula is C15H16BrNO. The van der Waals surface area contributed by atoms with Crippen molar-refractivity contribution in [1.82, 2.24) is 0 Å². The van der Waals surface area contributed by atoms with Gasteiger partial charge in [-0.05, 0) is 58.0 Å². The highest BCUT2D eigenvalue weighted by atomic mass is 79.9. The van der Waals surface area contributed by atoms with E-state index in [-0.39, 0.29) is 5.92 Å². The highest BCUT2D eigenvalue weighted by Crippen LogP contribution is 2.50. The number of carbonyl (C=O) groups is 1. The first-order valence-electron chi connectivity index (χ1n) is 6.44. The van der Waals surface area contributed by atoms with Gasteiger partial charge in [0.2, 0.25) is 0 Å². The Kier molecular flexibility index (Phi) is 3.02. The molecule has 3 rings (SSSR count). The number of hydrogen-bond donors (Lipinski definition) is 1. The molecule has 2 atom stereocenters. The number of ketones is 1. The van der Waals surface area contributed by atoms with Crippen LogP contribution in [-0.4, -0.2) is 12.8 Å². The minimum atomic E-state index is 0.235. The molecule has 0 aromatic heterocycles. The third-order valence-corrected chi connectivity index (χ3v) is 4.98. The predicted molar refractivity (Wildman–Crippen MR) is 77.7 cm³/mol. The van der Waals surface area contributed by atoms with Crippen LogP contribution < -0.4 is 5.32 Å². The monoisotopic (exact) mass is 305 g/mol. The van der Waals surface area contributed by atoms with Crippen LogP contribution in [0.25, 0.3) is 5.57 Å². The summed E-state index contributed by atoms with van der Waals surface area (Å²) >= 11 is 3.51. The van der Waals surface area contributed by atoms with E-state index in [0.29, 0.717) is 11.7 Å². The topological polar surface area (TPSA) is 29.1 Å². The summed E-state index contributed by atoms with van der Waals surface area (Å²) in [7, 11) is 1.91. The Hall–Kier alpha value is -1.09. The Morgan fingerprint density at radius 2 is 1.83 bits per heavy atom. The summed E-state index contributed by atoms with van der Waals surface area (Å²) < 4.78 is 0.814. The summed E-state index contributed by atoms with van der Waals surface area (Å²) in [4.78, 5) is 12.2. The number of halogens is 1. The lowest BCUT2D eigenvalue weighted by Gasteiger charge is -2.13. The second-order valence-electron chi connectivity index (χ2n) is 5.06. The van der Waals surface area contributed by atoms with Crippen LogP contribution in [0.3, 0.4) is 0 Å². The molecule has 0 amide bonds. The fourth-order valence-electron chi connectivity index (χ4n) is 3.23. The van der Waals surface area contributed by atoms with E-state index in [2.05, 4.69) is 45.5 Å². The quantitative estimate of drug-likeness (QED) is 0.899. The number of carbonyl (C=O) groups excluding carboxylic acids is 1. The molecule has 1 fully saturated rings. The number of anilines is 1. The molecule has 94 valence electrons. The molecule has 2 aliphatic rings. The van der Waals surface area contributed by atoms with E-state index >= 15 is 0 Å². The summed E-state index contributed by atoms with van der Waals surface area (Å²) in [5, 5.41) is 3.12. The highest BCUT2D eigenvalue weighted by Gasteiger charge is 2.43. The fourth-order valence-corrected chi connectivity index (χ4v) is 4.05. The molecular weight excluding hydrogens is 290 g/mol. The lowest BCUT2D eigenvalue weighted by atomic mass is 9.90. The number of Topliss-reactive ketones (excluding diaryl/α,β-unsaturated/α-hetero) is 1. The van der Waals surface area contributed by atoms with Crippen LogP contribution >= 0.6 is 15.9 Å². The third-order valence-electron chi connectivity index (χ3n) is 4.16. The summed E-state index contributed by atoms with van der Waals surface area (Å²) in [5.41, 5.74) is 3.51. The molecule has 1 N–H and O–H groups in total. The van der Waals surface area contributed by atoms with Crippen LogP contribution in [0.15, 0.2) is 28.7 Å². The number of fused-ring (bicyclic) bond motifs is 1. The molecule has 18 heavy (non-hydrogen) atoms. The predicted octanol–water partition coefficient (Wildman–Crippen LogP) is 3.83. The van der Waals surface area contributed by atoms with Gasteiger partial charge in [-0.2, -0.15) is 0 Å². The SMILES string of the molecule is CNc1ccc(C2=C(Br)C(=O)C3CCCC23)cc1. The maximum atomic E-state index is 12.2. The van der Waals surface area contributed by atoms with Crippen LogP contribution in [0.1, 0.15) is 24.8 Å². The molecule has 2 aliphatic carbocycles. The van der Waals surface area contributed by atoms with Gasteiger partial charge in [-0.3, -0.25) is 4.79 Å². The largest absolute Gasteiger partial charge is 0.388 e. The van der Waals surface area contributed by atoms with E-state index in [4.69, 9.17) is 0 Å². The van der Waals surface area contributed by atoms with Crippen LogP contribution in [0.2, 0.25) is 0 Å². The lowest BCUT2D eigenvalue weighted by molar-refractivity contribution is -0.118. The Labute approximate surface area is 116 Å². The van der Waals surface area contributed by atoms with E-state index in [1.165, 1.54) is 17.6 Å². The van der Waals surface area contributed by atoms with Crippen LogP contribution in [-0.2, 0) is 4.79 Å². The maximum absolute atomic E-state index is 12.2. The molecule has 0 radical (unpaired) electrons. The van der Waals surface area contributed by atoms with Gasteiger partial charge < -0.3 is 5.32 Å². The minimum absolute atomic E-state index is 0.235. The van der Waals surface area contributed by atoms with E-state index in [1.54, 1.807) is 0 Å². The highest BCUT2D eigenvalue weighted by molar-refractivity contribution is 9.12. The van der Waals surface area contributed by atoms with Crippen molar-refractivity contribution >= 4 is 33.0 Å². The van der Waals surface area contributed by atoms with Gasteiger partial charge in [0.1, 0.15) is 0 Å². The molecule has 2 unspecified atom stereocenters. The Balaban J connectivity index is 2.01. The van der Waals surface area contributed by atoms with Gasteiger partial charge in [0.15, 0.2) is 5.78 Å². The number of hydrogen-bond acceptors (Lipinski definition) is 2. The second-order valence-corrected chi connectivity index (χ2v) is 5.86. The van der Waals surface area contributed by atoms with Gasteiger partial charge in [0, 0.05) is 18.7 Å². The van der Waals surface area contributed by atoms with E-state index in [9.17, 15) is 4.79 Å². The minimum Gasteiger partial charge on any atom is -0.388 e. The van der Waals surface area contributed by atoms with Crippen LogP contribution in [0, 0.1) is 11.8 Å². The summed E-state index contributed by atoms with van der Waals surface area (Å²) in [6, 6.07) is 8.34. The molecule has 0 aliphatic heterocycles. The Morgan fingerprint density at radius 3 is 2.50 bits per heavy atom. The Morgan fingerprint density at radius 1 is 1.17 bits per heavy atom. The lowest BCUT2D eigenvalue weighted by Crippen LogP contribution is -2.10. The molecule has 0 saturated heterocycles. The molecule has 0 spiro atoms. The normalized spacial score (nSPS) is 26.7. The van der Waals surface area contributed by atoms with Crippen molar-refractivity contribution < 1.29 is 4.79 Å². The van der Waals surface area contributed by atoms with Crippen molar-refractivity contribution in [3.8, 4) is 0 Å². The first-order valence-corrected chi connectivity index (χ1v) is 7.23. The molecule has 1 aromatic rings. The standard InChI is InChI=1S/C15H16BrNO/c1-17-10-7-5-9(6-8-10)13-11-3-2-4-12(11)15(18)14(13)16/h5-8,11-12,17H,2-4H2,1H3. The average Bonchev–Trinajstić information content (AvgIpc) is 2.95. The van der Waals surface area contributed by atoms with Gasteiger partial charge in [0.25, 0.3) is 0 Å². The number of allylic oxidation sites excluding steroid dienone is 2.